The number of hydrogen-bond donors (Lipinski definition) is 0. The topological polar surface area (TPSA) is 14.7 Å². The summed E-state index contributed by atoms with van der Waals surface area (Å²) in [6, 6.07) is 61.7. The zero-order valence-electron chi connectivity index (χ0n) is 55.4. The fourth-order valence-corrected chi connectivity index (χ4v) is 19.4. The highest BCUT2D eigenvalue weighted by molar-refractivity contribution is 7.26. The summed E-state index contributed by atoms with van der Waals surface area (Å²) in [6.45, 7) is 39.1. The number of nitrogens with zero attached hydrogens (tertiary/aromatic N) is 4. The van der Waals surface area contributed by atoms with Crippen LogP contribution < -0.4 is 31.1 Å². The lowest BCUT2D eigenvalue weighted by Crippen LogP contribution is -2.61. The van der Waals surface area contributed by atoms with E-state index in [9.17, 15) is 0 Å². The van der Waals surface area contributed by atoms with Crippen molar-refractivity contribution in [2.24, 2.45) is 0 Å². The maximum absolute atomic E-state index is 2.88. The molecule has 0 amide bonds. The number of fused-ring (bicyclic) bond motifs is 15. The second-order valence-electron chi connectivity index (χ2n) is 32.8. The van der Waals surface area contributed by atoms with Crippen LogP contribution in [-0.2, 0) is 32.5 Å². The van der Waals surface area contributed by atoms with E-state index in [-0.39, 0.29) is 50.3 Å². The maximum Gasteiger partial charge on any atom is 0.252 e. The van der Waals surface area contributed by atoms with E-state index in [1.807, 2.05) is 11.3 Å². The molecule has 88 heavy (non-hydrogen) atoms. The summed E-state index contributed by atoms with van der Waals surface area (Å²) in [5.74, 6) is 0. The number of aromatic nitrogens is 1. The minimum absolute atomic E-state index is 0.0225. The minimum atomic E-state index is -0.179. The van der Waals surface area contributed by atoms with Crippen LogP contribution in [0.1, 0.15) is 196 Å². The molecule has 0 N–H and O–H groups in total. The average Bonchev–Trinajstić information content (AvgIpc) is 1.39. The summed E-state index contributed by atoms with van der Waals surface area (Å²) in [4.78, 5) is 8.51. The summed E-state index contributed by atoms with van der Waals surface area (Å²) in [5, 5.41) is 2.71. The Kier molecular flexibility index (Phi) is 11.7. The Labute approximate surface area is 529 Å². The lowest BCUT2D eigenvalue weighted by Gasteiger charge is -2.51. The third-order valence-corrected chi connectivity index (χ3v) is 24.9. The third kappa shape index (κ3) is 7.57. The van der Waals surface area contributed by atoms with Crippen LogP contribution in [0.4, 0.5) is 39.8 Å². The molecule has 4 aliphatic heterocycles. The van der Waals surface area contributed by atoms with Crippen LogP contribution in [0, 0.1) is 0 Å². The monoisotopic (exact) mass is 1170 g/mol. The molecule has 16 rings (SSSR count). The molecule has 2 fully saturated rings. The normalized spacial score (nSPS) is 23.0. The van der Waals surface area contributed by atoms with Crippen molar-refractivity contribution < 1.29 is 0 Å². The number of benzene rings is 8. The van der Waals surface area contributed by atoms with Gasteiger partial charge >= 0.3 is 0 Å². The quantitative estimate of drug-likeness (QED) is 0.163. The van der Waals surface area contributed by atoms with Gasteiger partial charge in [0.15, 0.2) is 0 Å². The zero-order valence-corrected chi connectivity index (χ0v) is 56.2. The van der Waals surface area contributed by atoms with E-state index in [1.54, 1.807) is 0 Å². The van der Waals surface area contributed by atoms with Gasteiger partial charge in [-0.15, -0.1) is 11.3 Å². The van der Waals surface area contributed by atoms with Crippen molar-refractivity contribution in [3.8, 4) is 16.8 Å². The number of rotatable bonds is 4. The van der Waals surface area contributed by atoms with Crippen LogP contribution >= 0.6 is 11.3 Å². The second kappa shape index (κ2) is 18.3. The van der Waals surface area contributed by atoms with Gasteiger partial charge in [0, 0.05) is 71.7 Å². The highest BCUT2D eigenvalue weighted by Crippen LogP contribution is 2.64. The van der Waals surface area contributed by atoms with E-state index in [2.05, 4.69) is 282 Å². The summed E-state index contributed by atoms with van der Waals surface area (Å²) >= 11 is 1.98. The van der Waals surface area contributed by atoms with Crippen molar-refractivity contribution in [2.45, 2.75) is 206 Å². The van der Waals surface area contributed by atoms with Gasteiger partial charge in [0.05, 0.1) is 32.5 Å². The van der Waals surface area contributed by atoms with Gasteiger partial charge in [0.2, 0.25) is 0 Å². The van der Waals surface area contributed by atoms with Gasteiger partial charge in [-0.3, -0.25) is 0 Å². The Balaban J connectivity index is 1.07. The summed E-state index contributed by atoms with van der Waals surface area (Å²) in [6.07, 6.45) is 9.54. The van der Waals surface area contributed by atoms with Crippen molar-refractivity contribution in [3.05, 3.63) is 185 Å². The van der Waals surface area contributed by atoms with E-state index in [0.29, 0.717) is 0 Å². The maximum atomic E-state index is 2.88. The Hall–Kier alpha value is -7.02. The Morgan fingerprint density at radius 3 is 1.53 bits per heavy atom. The van der Waals surface area contributed by atoms with Gasteiger partial charge in [0.25, 0.3) is 6.71 Å². The van der Waals surface area contributed by atoms with Crippen LogP contribution in [0.15, 0.2) is 152 Å². The van der Waals surface area contributed by atoms with Crippen LogP contribution in [0.2, 0.25) is 0 Å². The van der Waals surface area contributed by atoms with Crippen LogP contribution in [0.5, 0.6) is 0 Å². The molecule has 6 heteroatoms. The van der Waals surface area contributed by atoms with Crippen LogP contribution in [0.25, 0.3) is 48.0 Å². The molecular formula is C82H89BN4S. The molecule has 0 radical (unpaired) electrons. The van der Waals surface area contributed by atoms with Crippen LogP contribution in [0.3, 0.4) is 0 Å². The van der Waals surface area contributed by atoms with Gasteiger partial charge in [-0.05, 0) is 177 Å². The molecule has 2 saturated carbocycles. The lowest BCUT2D eigenvalue weighted by atomic mass is 9.33. The zero-order chi connectivity index (χ0) is 61.4. The fraction of sp³-hybridized carbons (Fsp3) is 0.390. The van der Waals surface area contributed by atoms with Crippen molar-refractivity contribution in [1.29, 1.82) is 0 Å². The predicted molar refractivity (Wildman–Crippen MR) is 381 cm³/mol. The van der Waals surface area contributed by atoms with Gasteiger partial charge in [0.1, 0.15) is 0 Å². The lowest BCUT2D eigenvalue weighted by molar-refractivity contribution is 0.195. The fourth-order valence-electron chi connectivity index (χ4n) is 18.2. The Bertz CT molecular complexity index is 4610. The smallest absolute Gasteiger partial charge is 0.252 e. The first-order valence-electron chi connectivity index (χ1n) is 33.4. The first kappa shape index (κ1) is 56.2. The Morgan fingerprint density at radius 1 is 0.409 bits per heavy atom. The predicted octanol–water partition coefficient (Wildman–Crippen LogP) is 21.0. The van der Waals surface area contributed by atoms with E-state index in [4.69, 9.17) is 0 Å². The third-order valence-electron chi connectivity index (χ3n) is 23.7. The molecular weight excluding hydrogens is 1080 g/mol. The molecule has 4 unspecified atom stereocenters. The number of anilines is 7. The summed E-state index contributed by atoms with van der Waals surface area (Å²) in [5.41, 5.74) is 27.8. The SMILES string of the molecule is CC(C)(C)c1ccc(N2c3cc(N4c5ccc(C(C)(C)C)cc5C5(C)CCCCC45C)ccc3B3c4c2cc(N2c5ccc(C(C)(C)C)cc5C5(C)CCCCC25C)cc4-n2c4c3cc(C(C)(C)C)cc4c3sc4ccccc4c32)c(-c2ccccc2)c1. The molecule has 2 aromatic heterocycles. The minimum Gasteiger partial charge on any atom is -0.334 e. The van der Waals surface area contributed by atoms with E-state index < -0.39 is 0 Å². The molecule has 446 valence electrons. The van der Waals surface area contributed by atoms with Crippen LogP contribution in [-0.4, -0.2) is 22.4 Å². The highest BCUT2D eigenvalue weighted by Gasteiger charge is 2.60. The molecule has 2 aliphatic carbocycles. The molecule has 0 saturated heterocycles. The van der Waals surface area contributed by atoms with E-state index in [1.165, 1.54) is 176 Å². The van der Waals surface area contributed by atoms with Gasteiger partial charge in [-0.25, -0.2) is 0 Å². The Morgan fingerprint density at radius 2 is 0.932 bits per heavy atom. The largest absolute Gasteiger partial charge is 0.334 e. The number of hydrogen-bond acceptors (Lipinski definition) is 4. The van der Waals surface area contributed by atoms with Gasteiger partial charge in [-0.2, -0.15) is 0 Å². The molecule has 0 spiro atoms. The molecule has 0 bridgehead atoms. The first-order valence-corrected chi connectivity index (χ1v) is 34.2. The van der Waals surface area contributed by atoms with E-state index in [0.717, 1.165) is 12.8 Å². The van der Waals surface area contributed by atoms with Gasteiger partial charge < -0.3 is 19.3 Å². The average molecular weight is 1170 g/mol. The van der Waals surface area contributed by atoms with Gasteiger partial charge in [-0.1, -0.05) is 214 Å². The molecule has 6 heterocycles. The standard InChI is InChI=1S/C82H89BN4S/c1-75(2,3)51-30-35-64(58(42-51)50-26-18-17-19-27-50)84-67-47-55(86-65-36-31-52(76(4,5)6)44-60(65)79(13)38-22-24-40-81(79,86)15)33-34-62(67)83-63-46-54(78(10,11)12)43-59-72(63)85(73-57-28-20-21-29-70(57)88-74(59)73)69-49-56(48-68(84)71(69)83)87-66-37-32-53(77(7,8)9)45-61(66)80(14)39-23-25-41-82(80,87)16/h17-21,26-37,42-49H,22-25,38-41H2,1-16H3. The summed E-state index contributed by atoms with van der Waals surface area (Å²) in [7, 11) is 0. The first-order chi connectivity index (χ1) is 41.6. The molecule has 4 atom stereocenters. The highest BCUT2D eigenvalue weighted by atomic mass is 32.1. The van der Waals surface area contributed by atoms with E-state index >= 15 is 0 Å². The molecule has 4 nitrogen and oxygen atoms in total. The van der Waals surface area contributed by atoms with Crippen molar-refractivity contribution in [3.63, 3.8) is 0 Å². The molecule has 10 aromatic rings. The van der Waals surface area contributed by atoms with Crippen molar-refractivity contribution >= 4 is 105 Å². The molecule has 6 aliphatic rings. The summed E-state index contributed by atoms with van der Waals surface area (Å²) < 4.78 is 5.51. The number of thiophene rings is 1. The molecule has 8 aromatic carbocycles. The second-order valence-corrected chi connectivity index (χ2v) is 33.9. The van der Waals surface area contributed by atoms with Crippen molar-refractivity contribution in [1.82, 2.24) is 4.57 Å². The van der Waals surface area contributed by atoms with Crippen molar-refractivity contribution in [2.75, 3.05) is 14.7 Å².